The number of nitrogens with one attached hydrogen (secondary N) is 1. The molecule has 3 aromatic rings. The molecule has 0 aliphatic heterocycles. The van der Waals surface area contributed by atoms with Gasteiger partial charge in [-0.1, -0.05) is 46.3 Å². The van der Waals surface area contributed by atoms with Gasteiger partial charge in [0, 0.05) is 4.47 Å². The van der Waals surface area contributed by atoms with E-state index in [0.717, 1.165) is 5.56 Å². The first-order valence-electron chi connectivity index (χ1n) is 8.98. The van der Waals surface area contributed by atoms with Crippen molar-refractivity contribution in [3.8, 4) is 5.75 Å². The maximum atomic E-state index is 13.3. The Kier molecular flexibility index (Phi) is 6.48. The van der Waals surface area contributed by atoms with Crippen molar-refractivity contribution in [2.45, 2.75) is 18.2 Å². The van der Waals surface area contributed by atoms with E-state index in [1.165, 1.54) is 19.2 Å². The molecule has 0 saturated heterocycles. The fourth-order valence-electron chi connectivity index (χ4n) is 3.14. The van der Waals surface area contributed by atoms with Crippen molar-refractivity contribution in [1.29, 1.82) is 0 Å². The van der Waals surface area contributed by atoms with Crippen LogP contribution >= 0.6 is 15.9 Å². The second-order valence-corrected chi connectivity index (χ2v) is 9.26. The first-order chi connectivity index (χ1) is 14.2. The molecule has 0 unspecified atom stereocenters. The zero-order chi connectivity index (χ0) is 21.9. The van der Waals surface area contributed by atoms with Crippen LogP contribution in [0, 0.1) is 6.92 Å². The van der Waals surface area contributed by atoms with Gasteiger partial charge in [0.05, 0.1) is 23.3 Å². The topological polar surface area (TPSA) is 92.7 Å². The van der Waals surface area contributed by atoms with E-state index in [-0.39, 0.29) is 16.1 Å². The van der Waals surface area contributed by atoms with Gasteiger partial charge in [0.2, 0.25) is 0 Å². The van der Waals surface area contributed by atoms with Crippen molar-refractivity contribution >= 4 is 37.6 Å². The van der Waals surface area contributed by atoms with Crippen LogP contribution in [0.15, 0.2) is 70.0 Å². The monoisotopic (exact) mass is 489 g/mol. The van der Waals surface area contributed by atoms with Crippen LogP contribution in [0.25, 0.3) is 0 Å². The molecule has 0 radical (unpaired) electrons. The Morgan fingerprint density at radius 3 is 2.43 bits per heavy atom. The largest absolute Gasteiger partial charge is 0.497 e. The van der Waals surface area contributed by atoms with E-state index >= 15 is 0 Å². The van der Waals surface area contributed by atoms with Crippen LogP contribution in [0.5, 0.6) is 5.75 Å². The lowest BCUT2D eigenvalue weighted by Crippen LogP contribution is -2.18. The van der Waals surface area contributed by atoms with Gasteiger partial charge < -0.3 is 9.84 Å². The number of aromatic carboxylic acids is 1. The Morgan fingerprint density at radius 1 is 1.10 bits per heavy atom. The van der Waals surface area contributed by atoms with Gasteiger partial charge in [-0.2, -0.15) is 0 Å². The lowest BCUT2D eigenvalue weighted by atomic mass is 10.0. The van der Waals surface area contributed by atoms with Gasteiger partial charge in [0.1, 0.15) is 5.75 Å². The molecule has 30 heavy (non-hydrogen) atoms. The van der Waals surface area contributed by atoms with Gasteiger partial charge in [0.15, 0.2) is 0 Å². The summed E-state index contributed by atoms with van der Waals surface area (Å²) < 4.78 is 34.8. The number of anilines is 1. The Morgan fingerprint density at radius 2 is 1.80 bits per heavy atom. The Labute approximate surface area is 183 Å². The van der Waals surface area contributed by atoms with Crippen molar-refractivity contribution in [1.82, 2.24) is 0 Å². The number of carboxylic acid groups (broad SMARTS) is 1. The number of methoxy groups -OCH3 is 1. The molecule has 156 valence electrons. The standard InChI is InChI=1S/C22H20BrNO5S/c1-14-10-17(23)13-19(22(25)26)21(14)24-30(27,28)20-9-8-18(29-2)12-16(20)11-15-6-4-3-5-7-15/h3-10,12-13,24H,11H2,1-2H3,(H,25,26). The van der Waals surface area contributed by atoms with Crippen LogP contribution in [0.3, 0.4) is 0 Å². The van der Waals surface area contributed by atoms with Gasteiger partial charge in [-0.3, -0.25) is 4.72 Å². The van der Waals surface area contributed by atoms with E-state index in [4.69, 9.17) is 4.74 Å². The van der Waals surface area contributed by atoms with Crippen molar-refractivity contribution in [2.24, 2.45) is 0 Å². The minimum absolute atomic E-state index is 0.0344. The summed E-state index contributed by atoms with van der Waals surface area (Å²) in [7, 11) is -2.55. The van der Waals surface area contributed by atoms with Gasteiger partial charge >= 0.3 is 5.97 Å². The van der Waals surface area contributed by atoms with Crippen LogP contribution < -0.4 is 9.46 Å². The Hall–Kier alpha value is -2.84. The van der Waals surface area contributed by atoms with E-state index in [9.17, 15) is 18.3 Å². The molecule has 3 rings (SSSR count). The minimum atomic E-state index is -4.06. The number of rotatable bonds is 7. The van der Waals surface area contributed by atoms with E-state index in [1.54, 1.807) is 25.1 Å². The van der Waals surface area contributed by atoms with Crippen molar-refractivity contribution < 1.29 is 23.1 Å². The number of aryl methyl sites for hydroxylation is 1. The number of carbonyl (C=O) groups is 1. The van der Waals surface area contributed by atoms with Gasteiger partial charge in [-0.05, 0) is 60.4 Å². The van der Waals surface area contributed by atoms with E-state index in [0.29, 0.717) is 27.8 Å². The average Bonchev–Trinajstić information content (AvgIpc) is 2.70. The number of benzene rings is 3. The second kappa shape index (κ2) is 8.89. The number of hydrogen-bond donors (Lipinski definition) is 2. The second-order valence-electron chi connectivity index (χ2n) is 6.69. The van der Waals surface area contributed by atoms with Gasteiger partial charge in [-0.25, -0.2) is 13.2 Å². The number of hydrogen-bond acceptors (Lipinski definition) is 4. The molecule has 0 heterocycles. The smallest absolute Gasteiger partial charge is 0.337 e. The molecule has 0 atom stereocenters. The van der Waals surface area contributed by atoms with Crippen LogP contribution in [0.2, 0.25) is 0 Å². The SMILES string of the molecule is COc1ccc(S(=O)(=O)Nc2c(C)cc(Br)cc2C(=O)O)c(Cc2ccccc2)c1. The van der Waals surface area contributed by atoms with E-state index in [2.05, 4.69) is 20.7 Å². The summed E-state index contributed by atoms with van der Waals surface area (Å²) in [6.07, 6.45) is 0.374. The third-order valence-electron chi connectivity index (χ3n) is 4.56. The van der Waals surface area contributed by atoms with Gasteiger partial charge in [0.25, 0.3) is 10.0 Å². The van der Waals surface area contributed by atoms with Crippen molar-refractivity contribution in [2.75, 3.05) is 11.8 Å². The molecule has 0 aromatic heterocycles. The molecule has 8 heteroatoms. The maximum Gasteiger partial charge on any atom is 0.337 e. The lowest BCUT2D eigenvalue weighted by molar-refractivity contribution is 0.0698. The summed E-state index contributed by atoms with van der Waals surface area (Å²) in [5.41, 5.74) is 1.87. The van der Waals surface area contributed by atoms with Gasteiger partial charge in [-0.15, -0.1) is 0 Å². The molecule has 0 saturated carbocycles. The minimum Gasteiger partial charge on any atom is -0.497 e. The summed E-state index contributed by atoms with van der Waals surface area (Å²) in [5, 5.41) is 9.53. The summed E-state index contributed by atoms with van der Waals surface area (Å²) >= 11 is 3.25. The fourth-order valence-corrected chi connectivity index (χ4v) is 5.08. The zero-order valence-corrected chi connectivity index (χ0v) is 18.7. The Balaban J connectivity index is 2.08. The number of halogens is 1. The number of carboxylic acids is 1. The van der Waals surface area contributed by atoms with E-state index in [1.807, 2.05) is 30.3 Å². The average molecular weight is 490 g/mol. The van der Waals surface area contributed by atoms with Crippen molar-refractivity contribution in [3.05, 3.63) is 87.4 Å². The molecule has 0 bridgehead atoms. The predicted molar refractivity (Wildman–Crippen MR) is 119 cm³/mol. The molecule has 6 nitrogen and oxygen atoms in total. The summed E-state index contributed by atoms with van der Waals surface area (Å²) in [6, 6.07) is 17.2. The molecule has 0 aliphatic carbocycles. The first-order valence-corrected chi connectivity index (χ1v) is 11.3. The molecule has 3 aromatic carbocycles. The molecule has 0 fully saturated rings. The highest BCUT2D eigenvalue weighted by molar-refractivity contribution is 9.10. The lowest BCUT2D eigenvalue weighted by Gasteiger charge is -2.17. The molecule has 0 aliphatic rings. The van der Waals surface area contributed by atoms with Crippen LogP contribution in [0.1, 0.15) is 27.0 Å². The molecule has 0 spiro atoms. The summed E-state index contributed by atoms with van der Waals surface area (Å²) in [5.74, 6) is -0.692. The third-order valence-corrected chi connectivity index (χ3v) is 6.47. The summed E-state index contributed by atoms with van der Waals surface area (Å²) in [4.78, 5) is 11.7. The first kappa shape index (κ1) is 21.9. The molecule has 0 amide bonds. The summed E-state index contributed by atoms with van der Waals surface area (Å²) in [6.45, 7) is 1.65. The van der Waals surface area contributed by atoms with Crippen LogP contribution in [-0.4, -0.2) is 26.6 Å². The highest BCUT2D eigenvalue weighted by Gasteiger charge is 2.24. The quantitative estimate of drug-likeness (QED) is 0.494. The van der Waals surface area contributed by atoms with Crippen LogP contribution in [-0.2, 0) is 16.4 Å². The molecular weight excluding hydrogens is 470 g/mol. The van der Waals surface area contributed by atoms with Crippen LogP contribution in [0.4, 0.5) is 5.69 Å². The number of sulfonamides is 1. The highest BCUT2D eigenvalue weighted by atomic mass is 79.9. The predicted octanol–water partition coefficient (Wildman–Crippen LogP) is 4.86. The molecule has 2 N–H and O–H groups in total. The maximum absolute atomic E-state index is 13.3. The molecular formula is C22H20BrNO5S. The fraction of sp³-hybridized carbons (Fsp3) is 0.136. The normalized spacial score (nSPS) is 11.2. The van der Waals surface area contributed by atoms with Crippen molar-refractivity contribution in [3.63, 3.8) is 0 Å². The van der Waals surface area contributed by atoms with E-state index < -0.39 is 16.0 Å². The third kappa shape index (κ3) is 4.83. The Bertz CT molecular complexity index is 1190. The zero-order valence-electron chi connectivity index (χ0n) is 16.3. The number of ether oxygens (including phenoxy) is 1. The highest BCUT2D eigenvalue weighted by Crippen LogP contribution is 2.30.